The van der Waals surface area contributed by atoms with Crippen LogP contribution in [-0.4, -0.2) is 14.8 Å². The summed E-state index contributed by atoms with van der Waals surface area (Å²) in [6.07, 6.45) is 0. The first-order chi connectivity index (χ1) is 8.68. The fourth-order valence-corrected chi connectivity index (χ4v) is 2.14. The smallest absolute Gasteiger partial charge is 0.268 e. The Kier molecular flexibility index (Phi) is 2.19. The highest BCUT2D eigenvalue weighted by Crippen LogP contribution is 2.17. The average Bonchev–Trinajstić information content (AvgIpc) is 2.72. The fourth-order valence-electron chi connectivity index (χ4n) is 2.14. The molecule has 1 aromatic carbocycles. The minimum Gasteiger partial charge on any atom is -0.382 e. The Morgan fingerprint density at radius 3 is 2.72 bits per heavy atom. The van der Waals surface area contributed by atoms with Crippen LogP contribution in [0.1, 0.15) is 5.69 Å². The molecule has 0 saturated heterocycles. The van der Waals surface area contributed by atoms with E-state index in [-0.39, 0.29) is 11.4 Å². The zero-order valence-corrected chi connectivity index (χ0v) is 9.84. The molecule has 0 aliphatic heterocycles. The van der Waals surface area contributed by atoms with E-state index in [1.807, 2.05) is 43.3 Å². The predicted octanol–water partition coefficient (Wildman–Crippen LogP) is 1.60. The van der Waals surface area contributed by atoms with Crippen molar-refractivity contribution in [2.75, 3.05) is 5.73 Å². The lowest BCUT2D eigenvalue weighted by Crippen LogP contribution is -2.20. The highest BCUT2D eigenvalue weighted by Gasteiger charge is 2.12. The molecule has 0 amide bonds. The lowest BCUT2D eigenvalue weighted by molar-refractivity contribution is 0.950. The van der Waals surface area contributed by atoms with E-state index in [0.29, 0.717) is 10.9 Å². The quantitative estimate of drug-likeness (QED) is 0.678. The molecule has 2 aromatic heterocycles. The van der Waals surface area contributed by atoms with Crippen molar-refractivity contribution in [1.82, 2.24) is 14.8 Å². The molecule has 0 saturated carbocycles. The molecule has 3 aromatic rings. The molecule has 0 atom stereocenters. The molecule has 2 heterocycles. The van der Waals surface area contributed by atoms with E-state index in [2.05, 4.69) is 10.2 Å². The summed E-state index contributed by atoms with van der Waals surface area (Å²) in [4.78, 5) is 12.5. The number of rotatable bonds is 1. The number of anilines is 1. The van der Waals surface area contributed by atoms with Gasteiger partial charge in [-0.3, -0.25) is 14.5 Å². The molecule has 0 fully saturated rings. The molecule has 0 unspecified atom stereocenters. The summed E-state index contributed by atoms with van der Waals surface area (Å²) in [6, 6.07) is 11.3. The van der Waals surface area contributed by atoms with E-state index in [1.165, 1.54) is 0 Å². The number of nitrogens with two attached hydrogens (primary N) is 1. The van der Waals surface area contributed by atoms with Crippen LogP contribution in [0, 0.1) is 6.92 Å². The van der Waals surface area contributed by atoms with E-state index in [0.717, 1.165) is 11.4 Å². The fraction of sp³-hybridized carbons (Fsp3) is 0.0769. The largest absolute Gasteiger partial charge is 0.382 e. The maximum absolute atomic E-state index is 12.5. The number of pyridine rings is 1. The Morgan fingerprint density at radius 1 is 1.28 bits per heavy atom. The van der Waals surface area contributed by atoms with E-state index >= 15 is 0 Å². The highest BCUT2D eigenvalue weighted by molar-refractivity contribution is 5.88. The third kappa shape index (κ3) is 1.41. The summed E-state index contributed by atoms with van der Waals surface area (Å²) in [7, 11) is 0. The van der Waals surface area contributed by atoms with Crippen molar-refractivity contribution < 1.29 is 0 Å². The number of para-hydroxylation sites is 1. The SMILES string of the molecule is Cc1cc2[nH]nc(N)c2c(=O)n1-c1ccccc1. The van der Waals surface area contributed by atoms with Crippen LogP contribution >= 0.6 is 0 Å². The third-order valence-corrected chi connectivity index (χ3v) is 2.96. The normalized spacial score (nSPS) is 10.9. The number of benzene rings is 1. The first kappa shape index (κ1) is 10.6. The van der Waals surface area contributed by atoms with E-state index in [4.69, 9.17) is 5.73 Å². The molecule has 0 bridgehead atoms. The van der Waals surface area contributed by atoms with E-state index < -0.39 is 0 Å². The molecule has 0 aliphatic rings. The first-order valence-electron chi connectivity index (χ1n) is 5.60. The molecule has 0 spiro atoms. The number of nitrogens with one attached hydrogen (secondary N) is 1. The van der Waals surface area contributed by atoms with Gasteiger partial charge in [0.2, 0.25) is 0 Å². The van der Waals surface area contributed by atoms with Crippen LogP contribution in [-0.2, 0) is 0 Å². The summed E-state index contributed by atoms with van der Waals surface area (Å²) >= 11 is 0. The van der Waals surface area contributed by atoms with Crippen LogP contribution in [0.15, 0.2) is 41.2 Å². The van der Waals surface area contributed by atoms with Crippen molar-refractivity contribution >= 4 is 16.7 Å². The van der Waals surface area contributed by atoms with Gasteiger partial charge < -0.3 is 5.73 Å². The number of nitrogens with zero attached hydrogens (tertiary/aromatic N) is 2. The maximum atomic E-state index is 12.5. The van der Waals surface area contributed by atoms with Gasteiger partial charge in [-0.25, -0.2) is 0 Å². The minimum absolute atomic E-state index is 0.151. The lowest BCUT2D eigenvalue weighted by atomic mass is 10.2. The molecule has 3 N–H and O–H groups in total. The molecule has 18 heavy (non-hydrogen) atoms. The number of H-pyrrole nitrogens is 1. The number of aromatic amines is 1. The van der Waals surface area contributed by atoms with Gasteiger partial charge in [0.05, 0.1) is 5.52 Å². The number of aromatic nitrogens is 3. The maximum Gasteiger partial charge on any atom is 0.268 e. The molecule has 0 radical (unpaired) electrons. The van der Waals surface area contributed by atoms with Gasteiger partial charge in [-0.2, -0.15) is 5.10 Å². The molecule has 0 aliphatic carbocycles. The van der Waals surface area contributed by atoms with Gasteiger partial charge in [-0.15, -0.1) is 0 Å². The van der Waals surface area contributed by atoms with Crippen LogP contribution in [0.4, 0.5) is 5.82 Å². The standard InChI is InChI=1S/C13H12N4O/c1-8-7-10-11(12(14)16-15-10)13(18)17(8)9-5-3-2-4-6-9/h2-7H,1H3,(H3,14,15,16). The van der Waals surface area contributed by atoms with E-state index in [1.54, 1.807) is 4.57 Å². The minimum atomic E-state index is -0.151. The summed E-state index contributed by atoms with van der Waals surface area (Å²) in [5.74, 6) is 0.236. The molecular weight excluding hydrogens is 228 g/mol. The Morgan fingerprint density at radius 2 is 2.00 bits per heavy atom. The number of fused-ring (bicyclic) bond motifs is 1. The molecule has 5 nitrogen and oxygen atoms in total. The van der Waals surface area contributed by atoms with Crippen molar-refractivity contribution in [3.63, 3.8) is 0 Å². The number of nitrogen functional groups attached to an aromatic ring is 1. The molecule has 90 valence electrons. The van der Waals surface area contributed by atoms with Crippen LogP contribution in [0.25, 0.3) is 16.6 Å². The number of hydrogen-bond donors (Lipinski definition) is 2. The van der Waals surface area contributed by atoms with Gasteiger partial charge in [0.15, 0.2) is 5.82 Å². The van der Waals surface area contributed by atoms with Gasteiger partial charge in [0.1, 0.15) is 5.39 Å². The Bertz CT molecular complexity index is 771. The molecular formula is C13H12N4O. The zero-order valence-electron chi connectivity index (χ0n) is 9.84. The second-order valence-electron chi connectivity index (χ2n) is 4.16. The number of aryl methyl sites for hydroxylation is 1. The highest BCUT2D eigenvalue weighted by atomic mass is 16.1. The van der Waals surface area contributed by atoms with Crippen LogP contribution in [0.3, 0.4) is 0 Å². The van der Waals surface area contributed by atoms with Gasteiger partial charge in [-0.05, 0) is 25.1 Å². The monoisotopic (exact) mass is 240 g/mol. The Labute approximate surface area is 103 Å². The second kappa shape index (κ2) is 3.73. The first-order valence-corrected chi connectivity index (χ1v) is 5.60. The Hall–Kier alpha value is -2.56. The summed E-state index contributed by atoms with van der Waals surface area (Å²) in [5, 5.41) is 7.07. The summed E-state index contributed by atoms with van der Waals surface area (Å²) in [6.45, 7) is 1.88. The van der Waals surface area contributed by atoms with Crippen molar-refractivity contribution in [2.24, 2.45) is 0 Å². The van der Waals surface area contributed by atoms with Gasteiger partial charge in [0, 0.05) is 11.4 Å². The van der Waals surface area contributed by atoms with Crippen LogP contribution in [0.2, 0.25) is 0 Å². The van der Waals surface area contributed by atoms with Crippen molar-refractivity contribution in [3.8, 4) is 5.69 Å². The van der Waals surface area contributed by atoms with Gasteiger partial charge in [-0.1, -0.05) is 18.2 Å². The molecule has 5 heteroatoms. The van der Waals surface area contributed by atoms with E-state index in [9.17, 15) is 4.79 Å². The topological polar surface area (TPSA) is 76.7 Å². The Balaban J connectivity index is 2.43. The van der Waals surface area contributed by atoms with Crippen molar-refractivity contribution in [3.05, 3.63) is 52.4 Å². The molecule has 3 rings (SSSR count). The van der Waals surface area contributed by atoms with Crippen LogP contribution in [0.5, 0.6) is 0 Å². The van der Waals surface area contributed by atoms with Crippen molar-refractivity contribution in [1.29, 1.82) is 0 Å². The summed E-state index contributed by atoms with van der Waals surface area (Å²) in [5.41, 5.74) is 7.89. The zero-order chi connectivity index (χ0) is 12.7. The third-order valence-electron chi connectivity index (χ3n) is 2.96. The number of hydrogen-bond acceptors (Lipinski definition) is 3. The van der Waals surface area contributed by atoms with Crippen molar-refractivity contribution in [2.45, 2.75) is 6.92 Å². The van der Waals surface area contributed by atoms with Gasteiger partial charge in [0.25, 0.3) is 5.56 Å². The lowest BCUT2D eigenvalue weighted by Gasteiger charge is -2.09. The van der Waals surface area contributed by atoms with Crippen LogP contribution < -0.4 is 11.3 Å². The predicted molar refractivity (Wildman–Crippen MR) is 70.8 cm³/mol. The second-order valence-corrected chi connectivity index (χ2v) is 4.16. The van der Waals surface area contributed by atoms with Gasteiger partial charge >= 0.3 is 0 Å². The summed E-state index contributed by atoms with van der Waals surface area (Å²) < 4.78 is 1.63. The average molecular weight is 240 g/mol.